The minimum Gasteiger partial charge on any atom is -0.456 e. The average Bonchev–Trinajstić information content (AvgIpc) is 3.21. The number of nitrogens with one attached hydrogen (secondary N) is 1. The number of hydrogen-bond donors (Lipinski definition) is 5. The summed E-state index contributed by atoms with van der Waals surface area (Å²) < 4.78 is 24.2. The molecule has 3 aromatic rings. The van der Waals surface area contributed by atoms with Crippen molar-refractivity contribution in [3.05, 3.63) is 119 Å². The predicted molar refractivity (Wildman–Crippen MR) is 208 cm³/mol. The van der Waals surface area contributed by atoms with Crippen LogP contribution in [0.4, 0.5) is 0 Å². The Balaban J connectivity index is 1.34. The fourth-order valence-electron chi connectivity index (χ4n) is 9.94. The Morgan fingerprint density at radius 1 is 0.864 bits per heavy atom. The van der Waals surface area contributed by atoms with Gasteiger partial charge in [-0.25, -0.2) is 9.59 Å². The molecule has 59 heavy (non-hydrogen) atoms. The van der Waals surface area contributed by atoms with Crippen LogP contribution in [0, 0.1) is 16.7 Å². The molecule has 312 valence electrons. The summed E-state index contributed by atoms with van der Waals surface area (Å²) in [4.78, 5) is 69.5. The number of fused-ring (bicyclic) bond motifs is 5. The van der Waals surface area contributed by atoms with E-state index in [-0.39, 0.29) is 35.3 Å². The molecule has 1 aliphatic heterocycles. The predicted octanol–water partition coefficient (Wildman–Crippen LogP) is 3.16. The number of hydrogen-bond acceptors (Lipinski definition) is 13. The van der Waals surface area contributed by atoms with Gasteiger partial charge in [0.15, 0.2) is 17.5 Å². The van der Waals surface area contributed by atoms with Crippen LogP contribution >= 0.6 is 0 Å². The Labute approximate surface area is 341 Å². The lowest BCUT2D eigenvalue weighted by Crippen LogP contribution is -2.81. The fourth-order valence-corrected chi connectivity index (χ4v) is 9.94. The van der Waals surface area contributed by atoms with Crippen molar-refractivity contribution in [3.8, 4) is 0 Å². The second-order valence-corrected chi connectivity index (χ2v) is 16.8. The minimum atomic E-state index is -2.35. The van der Waals surface area contributed by atoms with Crippen LogP contribution in [0.3, 0.4) is 0 Å². The third kappa shape index (κ3) is 6.76. The van der Waals surface area contributed by atoms with E-state index in [1.54, 1.807) is 92.7 Å². The quantitative estimate of drug-likeness (QED) is 0.120. The van der Waals surface area contributed by atoms with E-state index in [2.05, 4.69) is 5.32 Å². The zero-order valence-corrected chi connectivity index (χ0v) is 33.4. The number of rotatable bonds is 9. The number of aliphatic hydroxyl groups is 4. The Hall–Kier alpha value is -5.25. The number of benzene rings is 3. The number of carbonyl (C=O) groups is 5. The monoisotopic (exact) mass is 811 g/mol. The van der Waals surface area contributed by atoms with Gasteiger partial charge in [-0.2, -0.15) is 0 Å². The zero-order valence-electron chi connectivity index (χ0n) is 33.4. The molecule has 14 nitrogen and oxygen atoms in total. The van der Waals surface area contributed by atoms with Gasteiger partial charge in [0.25, 0.3) is 5.91 Å². The highest BCUT2D eigenvalue weighted by Gasteiger charge is 2.78. The Morgan fingerprint density at radius 2 is 1.44 bits per heavy atom. The van der Waals surface area contributed by atoms with Gasteiger partial charge in [-0.3, -0.25) is 14.4 Å². The van der Waals surface area contributed by atoms with Crippen LogP contribution in [0.5, 0.6) is 0 Å². The molecule has 11 atom stereocenters. The summed E-state index contributed by atoms with van der Waals surface area (Å²) in [6.45, 7) is 6.89. The number of amides is 1. The maximum Gasteiger partial charge on any atom is 0.338 e. The first kappa shape index (κ1) is 41.9. The summed E-state index contributed by atoms with van der Waals surface area (Å²) in [5.74, 6) is -5.89. The summed E-state index contributed by atoms with van der Waals surface area (Å²) in [6.07, 6.45) is -10.5. The van der Waals surface area contributed by atoms with Gasteiger partial charge in [0, 0.05) is 30.7 Å². The van der Waals surface area contributed by atoms with Crippen molar-refractivity contribution in [2.75, 3.05) is 6.61 Å². The number of carbonyl (C=O) groups excluding carboxylic acids is 5. The normalized spacial score (nSPS) is 33.0. The van der Waals surface area contributed by atoms with Crippen molar-refractivity contribution in [2.45, 2.75) is 101 Å². The van der Waals surface area contributed by atoms with E-state index >= 15 is 0 Å². The molecule has 0 aromatic heterocycles. The van der Waals surface area contributed by atoms with Crippen molar-refractivity contribution < 1.29 is 63.3 Å². The van der Waals surface area contributed by atoms with Crippen LogP contribution in [-0.4, -0.2) is 104 Å². The molecule has 2 saturated carbocycles. The summed E-state index contributed by atoms with van der Waals surface area (Å²) >= 11 is 0. The number of ether oxygens (including phenoxy) is 4. The van der Waals surface area contributed by atoms with Gasteiger partial charge in [-0.15, -0.1) is 0 Å². The second-order valence-electron chi connectivity index (χ2n) is 16.8. The second kappa shape index (κ2) is 15.4. The lowest BCUT2D eigenvalue weighted by molar-refractivity contribution is -0.346. The van der Waals surface area contributed by atoms with Crippen molar-refractivity contribution in [1.82, 2.24) is 5.32 Å². The Morgan fingerprint density at radius 3 is 2.00 bits per heavy atom. The third-order valence-electron chi connectivity index (χ3n) is 13.2. The van der Waals surface area contributed by atoms with Gasteiger partial charge in [-0.05, 0) is 54.8 Å². The van der Waals surface area contributed by atoms with E-state index < -0.39 is 107 Å². The molecule has 3 aromatic carbocycles. The first-order valence-electron chi connectivity index (χ1n) is 19.6. The molecule has 2 bridgehead atoms. The third-order valence-corrected chi connectivity index (χ3v) is 13.2. The molecule has 3 aliphatic carbocycles. The van der Waals surface area contributed by atoms with E-state index in [1.807, 2.05) is 0 Å². The molecular formula is C45H49NO13. The summed E-state index contributed by atoms with van der Waals surface area (Å²) in [5.41, 5.74) is -6.86. The maximum absolute atomic E-state index is 15.0. The Bertz CT molecular complexity index is 2160. The molecule has 4 aliphatic rings. The van der Waals surface area contributed by atoms with Crippen LogP contribution in [0.15, 0.2) is 102 Å². The van der Waals surface area contributed by atoms with Crippen molar-refractivity contribution in [3.63, 3.8) is 0 Å². The largest absolute Gasteiger partial charge is 0.456 e. The standard InChI is InChI=1S/C45H49NO13/c1-24-29(57-41(54)35(50)33(26-15-9-6-10-16-26)46-39(52)27-17-11-7-12-18-27)22-45(55)38(58-40(53)28-19-13-8-14-20-28)36-43(5,37(51)34(49)32(24)42(45,3)4)30(48)21-31-44(36,23-56-31)59-25(2)47/h6-20,29-31,33-36,38,48-50,55H,21-23H2,1-5H3,(H,46,52)/t29-,30-,31+,33-,34+,35+,36+,38-,43+,44-,45+/m0/s1. The van der Waals surface area contributed by atoms with Gasteiger partial charge in [0.05, 0.1) is 35.6 Å². The first-order chi connectivity index (χ1) is 27.9. The van der Waals surface area contributed by atoms with E-state index in [0.717, 1.165) is 6.92 Å². The molecule has 14 heteroatoms. The van der Waals surface area contributed by atoms with Gasteiger partial charge < -0.3 is 44.7 Å². The number of ketones is 1. The first-order valence-corrected chi connectivity index (χ1v) is 19.6. The molecule has 1 amide bonds. The molecule has 7 rings (SSSR count). The molecule has 0 radical (unpaired) electrons. The van der Waals surface area contributed by atoms with Gasteiger partial charge in [-0.1, -0.05) is 80.6 Å². The van der Waals surface area contributed by atoms with Gasteiger partial charge in [0.2, 0.25) is 0 Å². The van der Waals surface area contributed by atoms with Crippen LogP contribution < -0.4 is 5.32 Å². The van der Waals surface area contributed by atoms with Crippen LogP contribution in [0.2, 0.25) is 0 Å². The van der Waals surface area contributed by atoms with Crippen LogP contribution in [-0.2, 0) is 33.3 Å². The average molecular weight is 812 g/mol. The lowest BCUT2D eigenvalue weighted by atomic mass is 9.44. The molecular weight excluding hydrogens is 762 g/mol. The number of aliphatic hydroxyl groups excluding tert-OH is 3. The topological polar surface area (TPSA) is 215 Å². The van der Waals surface area contributed by atoms with E-state index in [4.69, 9.17) is 18.9 Å². The summed E-state index contributed by atoms with van der Waals surface area (Å²) in [5, 5.41) is 51.9. The highest BCUT2D eigenvalue weighted by molar-refractivity contribution is 5.95. The molecule has 1 saturated heterocycles. The van der Waals surface area contributed by atoms with Crippen LogP contribution in [0.1, 0.15) is 79.8 Å². The maximum atomic E-state index is 15.0. The molecule has 1 heterocycles. The molecule has 0 unspecified atom stereocenters. The molecule has 0 spiro atoms. The summed E-state index contributed by atoms with van der Waals surface area (Å²) in [7, 11) is 0. The van der Waals surface area contributed by atoms with E-state index in [9.17, 15) is 44.4 Å². The lowest BCUT2D eigenvalue weighted by Gasteiger charge is -2.67. The summed E-state index contributed by atoms with van der Waals surface area (Å²) in [6, 6.07) is 23.1. The van der Waals surface area contributed by atoms with Gasteiger partial charge >= 0.3 is 17.9 Å². The van der Waals surface area contributed by atoms with Crippen LogP contribution in [0.25, 0.3) is 0 Å². The molecule has 5 N–H and O–H groups in total. The molecule has 3 fully saturated rings. The SMILES string of the molecule is CC(=O)O[C@@]12CO[C@@H]1C[C@H](O)[C@@]1(C)C(=O)[C@H](O)C3=C(C)[C@@H](OC(=O)[C@H](O)[C@@H](NC(=O)c4ccccc4)c4ccccc4)C[C@@](O)([C@@H](OC(=O)c4ccccc4)[C@@H]21)C3(C)C. The van der Waals surface area contributed by atoms with Crippen molar-refractivity contribution >= 4 is 29.6 Å². The smallest absolute Gasteiger partial charge is 0.338 e. The van der Waals surface area contributed by atoms with E-state index in [0.29, 0.717) is 5.56 Å². The van der Waals surface area contributed by atoms with E-state index in [1.165, 1.54) is 26.0 Å². The van der Waals surface area contributed by atoms with Gasteiger partial charge in [0.1, 0.15) is 30.0 Å². The Kier molecular flexibility index (Phi) is 10.9. The number of Topliss-reactive ketones (excluding diaryl/α,β-unsaturated/α-hetero) is 1. The highest BCUT2D eigenvalue weighted by Crippen LogP contribution is 2.64. The number of esters is 3. The van der Waals surface area contributed by atoms with Crippen molar-refractivity contribution in [1.29, 1.82) is 0 Å². The fraction of sp³-hybridized carbons (Fsp3) is 0.444. The highest BCUT2D eigenvalue weighted by atomic mass is 16.6. The van der Waals surface area contributed by atoms with Crippen molar-refractivity contribution in [2.24, 2.45) is 16.7 Å². The zero-order chi connectivity index (χ0) is 42.7. The minimum absolute atomic E-state index is 0.0540.